The second-order valence-corrected chi connectivity index (χ2v) is 2.91. The molecule has 0 saturated carbocycles. The summed E-state index contributed by atoms with van der Waals surface area (Å²) in [5.41, 5.74) is 9.33. The van der Waals surface area contributed by atoms with Crippen LogP contribution in [0.1, 0.15) is 11.1 Å². The Kier molecular flexibility index (Phi) is 1.42. The summed E-state index contributed by atoms with van der Waals surface area (Å²) in [5, 5.41) is 0. The zero-order valence-corrected chi connectivity index (χ0v) is 6.38. The molecule has 0 unspecified atom stereocenters. The van der Waals surface area contributed by atoms with Crippen LogP contribution in [0, 0.1) is 0 Å². The summed E-state index contributed by atoms with van der Waals surface area (Å²) in [4.78, 5) is 0. The SMILES string of the molecule is Nc1ccc2c(c1)CC=CC2. The van der Waals surface area contributed by atoms with Gasteiger partial charge in [-0.1, -0.05) is 18.2 Å². The first-order valence-electron chi connectivity index (χ1n) is 3.88. The molecule has 1 aromatic rings. The Bertz CT molecular complexity index is 300. The monoisotopic (exact) mass is 145 g/mol. The maximum Gasteiger partial charge on any atom is 0.0317 e. The van der Waals surface area contributed by atoms with Gasteiger partial charge in [0.15, 0.2) is 0 Å². The van der Waals surface area contributed by atoms with Gasteiger partial charge < -0.3 is 5.73 Å². The van der Waals surface area contributed by atoms with Crippen LogP contribution in [0.5, 0.6) is 0 Å². The van der Waals surface area contributed by atoms with E-state index in [0.717, 1.165) is 18.5 Å². The molecular weight excluding hydrogens is 134 g/mol. The second-order valence-electron chi connectivity index (χ2n) is 2.91. The Morgan fingerprint density at radius 1 is 1.00 bits per heavy atom. The van der Waals surface area contributed by atoms with Gasteiger partial charge in [0.25, 0.3) is 0 Å². The maximum absolute atomic E-state index is 5.66. The predicted molar refractivity (Wildman–Crippen MR) is 47.4 cm³/mol. The van der Waals surface area contributed by atoms with Crippen LogP contribution in [0.3, 0.4) is 0 Å². The van der Waals surface area contributed by atoms with Gasteiger partial charge in [-0.2, -0.15) is 0 Å². The lowest BCUT2D eigenvalue weighted by molar-refractivity contribution is 1.09. The zero-order chi connectivity index (χ0) is 7.68. The summed E-state index contributed by atoms with van der Waals surface area (Å²) in [6.45, 7) is 0. The van der Waals surface area contributed by atoms with Crippen molar-refractivity contribution in [1.29, 1.82) is 0 Å². The van der Waals surface area contributed by atoms with E-state index in [0.29, 0.717) is 0 Å². The average molecular weight is 145 g/mol. The van der Waals surface area contributed by atoms with Gasteiger partial charge in [0.05, 0.1) is 0 Å². The molecule has 0 radical (unpaired) electrons. The van der Waals surface area contributed by atoms with E-state index in [1.807, 2.05) is 6.07 Å². The lowest BCUT2D eigenvalue weighted by Gasteiger charge is -2.10. The number of allylic oxidation sites excluding steroid dienone is 2. The molecule has 1 aliphatic carbocycles. The Hall–Kier alpha value is -1.24. The van der Waals surface area contributed by atoms with Crippen LogP contribution < -0.4 is 5.73 Å². The van der Waals surface area contributed by atoms with Gasteiger partial charge >= 0.3 is 0 Å². The molecule has 0 aliphatic heterocycles. The molecule has 1 nitrogen and oxygen atoms in total. The van der Waals surface area contributed by atoms with Crippen molar-refractivity contribution in [2.45, 2.75) is 12.8 Å². The summed E-state index contributed by atoms with van der Waals surface area (Å²) in [6.07, 6.45) is 6.51. The number of nitrogens with two attached hydrogens (primary N) is 1. The van der Waals surface area contributed by atoms with Gasteiger partial charge in [-0.25, -0.2) is 0 Å². The first kappa shape index (κ1) is 6.47. The van der Waals surface area contributed by atoms with Crippen molar-refractivity contribution < 1.29 is 0 Å². The summed E-state index contributed by atoms with van der Waals surface area (Å²) in [6, 6.07) is 6.16. The van der Waals surface area contributed by atoms with Crippen molar-refractivity contribution in [2.24, 2.45) is 0 Å². The summed E-state index contributed by atoms with van der Waals surface area (Å²) >= 11 is 0. The van der Waals surface area contributed by atoms with Gasteiger partial charge in [-0.15, -0.1) is 0 Å². The van der Waals surface area contributed by atoms with Gasteiger partial charge in [0.1, 0.15) is 0 Å². The molecule has 1 aromatic carbocycles. The van der Waals surface area contributed by atoms with E-state index >= 15 is 0 Å². The standard InChI is InChI=1S/C10H11N/c11-10-6-5-8-3-1-2-4-9(8)7-10/h1-2,5-7H,3-4,11H2. The van der Waals surface area contributed by atoms with E-state index < -0.39 is 0 Å². The molecule has 2 rings (SSSR count). The van der Waals surface area contributed by atoms with Gasteiger partial charge in [-0.05, 0) is 36.1 Å². The fraction of sp³-hybridized carbons (Fsp3) is 0.200. The molecule has 56 valence electrons. The molecule has 1 aliphatic rings. The molecule has 0 atom stereocenters. The first-order chi connectivity index (χ1) is 5.36. The smallest absolute Gasteiger partial charge is 0.0317 e. The van der Waals surface area contributed by atoms with Gasteiger partial charge in [-0.3, -0.25) is 0 Å². The molecule has 0 saturated heterocycles. The van der Waals surface area contributed by atoms with E-state index in [1.54, 1.807) is 0 Å². The highest BCUT2D eigenvalue weighted by atomic mass is 14.5. The van der Waals surface area contributed by atoms with E-state index in [9.17, 15) is 0 Å². The average Bonchev–Trinajstić information content (AvgIpc) is 2.04. The Morgan fingerprint density at radius 3 is 2.55 bits per heavy atom. The van der Waals surface area contributed by atoms with Crippen LogP contribution in [0.4, 0.5) is 5.69 Å². The van der Waals surface area contributed by atoms with Gasteiger partial charge in [0, 0.05) is 5.69 Å². The minimum atomic E-state index is 0.874. The molecule has 0 heterocycles. The highest BCUT2D eigenvalue weighted by Crippen LogP contribution is 2.18. The molecule has 0 aromatic heterocycles. The molecule has 0 bridgehead atoms. The Labute approximate surface area is 66.5 Å². The van der Waals surface area contributed by atoms with Crippen LogP contribution in [-0.4, -0.2) is 0 Å². The maximum atomic E-state index is 5.66. The minimum absolute atomic E-state index is 0.874. The van der Waals surface area contributed by atoms with Crippen molar-refractivity contribution in [3.05, 3.63) is 41.5 Å². The number of rotatable bonds is 0. The normalized spacial score (nSPS) is 14.5. The van der Waals surface area contributed by atoms with Crippen molar-refractivity contribution in [2.75, 3.05) is 5.73 Å². The number of anilines is 1. The minimum Gasteiger partial charge on any atom is -0.399 e. The summed E-state index contributed by atoms with van der Waals surface area (Å²) in [5.74, 6) is 0. The number of hydrogen-bond acceptors (Lipinski definition) is 1. The van der Waals surface area contributed by atoms with Crippen LogP contribution >= 0.6 is 0 Å². The molecule has 1 heteroatoms. The van der Waals surface area contributed by atoms with Crippen LogP contribution in [-0.2, 0) is 12.8 Å². The fourth-order valence-electron chi connectivity index (χ4n) is 1.46. The summed E-state index contributed by atoms with van der Waals surface area (Å²) < 4.78 is 0. The number of hydrogen-bond donors (Lipinski definition) is 1. The van der Waals surface area contributed by atoms with E-state index in [2.05, 4.69) is 24.3 Å². The summed E-state index contributed by atoms with van der Waals surface area (Å²) in [7, 11) is 0. The molecule has 0 amide bonds. The highest BCUT2D eigenvalue weighted by Gasteiger charge is 2.03. The predicted octanol–water partition coefficient (Wildman–Crippen LogP) is 1.92. The third kappa shape index (κ3) is 1.14. The van der Waals surface area contributed by atoms with Crippen molar-refractivity contribution in [3.8, 4) is 0 Å². The zero-order valence-electron chi connectivity index (χ0n) is 6.38. The Balaban J connectivity index is 2.48. The Morgan fingerprint density at radius 2 is 1.73 bits per heavy atom. The van der Waals surface area contributed by atoms with Crippen LogP contribution in [0.25, 0.3) is 0 Å². The van der Waals surface area contributed by atoms with Crippen LogP contribution in [0.15, 0.2) is 30.4 Å². The number of benzene rings is 1. The molecule has 0 fully saturated rings. The van der Waals surface area contributed by atoms with Crippen molar-refractivity contribution in [3.63, 3.8) is 0 Å². The number of fused-ring (bicyclic) bond motifs is 1. The van der Waals surface area contributed by atoms with E-state index in [4.69, 9.17) is 5.73 Å². The van der Waals surface area contributed by atoms with E-state index in [-0.39, 0.29) is 0 Å². The quantitative estimate of drug-likeness (QED) is 0.438. The van der Waals surface area contributed by atoms with Crippen molar-refractivity contribution in [1.82, 2.24) is 0 Å². The van der Waals surface area contributed by atoms with Crippen molar-refractivity contribution >= 4 is 5.69 Å². The molecule has 0 spiro atoms. The molecule has 11 heavy (non-hydrogen) atoms. The number of nitrogen functional groups attached to an aromatic ring is 1. The third-order valence-corrected chi connectivity index (χ3v) is 2.07. The first-order valence-corrected chi connectivity index (χ1v) is 3.88. The lowest BCUT2D eigenvalue weighted by atomic mass is 9.96. The lowest BCUT2D eigenvalue weighted by Crippen LogP contribution is -1.98. The van der Waals surface area contributed by atoms with Crippen LogP contribution in [0.2, 0.25) is 0 Å². The topological polar surface area (TPSA) is 26.0 Å². The van der Waals surface area contributed by atoms with E-state index in [1.165, 1.54) is 11.1 Å². The van der Waals surface area contributed by atoms with Gasteiger partial charge in [0.2, 0.25) is 0 Å². The largest absolute Gasteiger partial charge is 0.399 e. The third-order valence-electron chi connectivity index (χ3n) is 2.07. The second kappa shape index (κ2) is 2.42. The highest BCUT2D eigenvalue weighted by molar-refractivity contribution is 5.47. The fourth-order valence-corrected chi connectivity index (χ4v) is 1.46. The molecule has 2 N–H and O–H groups in total. The molecular formula is C10H11N.